The first-order chi connectivity index (χ1) is 17.9. The molecule has 3 heterocycles. The molecule has 2 aromatic heterocycles. The molecule has 11 heteroatoms. The monoisotopic (exact) mass is 525 g/mol. The number of carbonyl (C=O) groups excluding carboxylic acids is 1. The Hall–Kier alpha value is -3.34. The summed E-state index contributed by atoms with van der Waals surface area (Å²) in [4.78, 5) is 21.0. The Labute approximate surface area is 220 Å². The van der Waals surface area contributed by atoms with E-state index in [1.807, 2.05) is 0 Å². The van der Waals surface area contributed by atoms with Crippen molar-refractivity contribution in [1.29, 1.82) is 0 Å². The molecule has 9 nitrogen and oxygen atoms in total. The van der Waals surface area contributed by atoms with Crippen molar-refractivity contribution in [3.63, 3.8) is 0 Å². The second-order valence-electron chi connectivity index (χ2n) is 9.38. The first-order valence-electron chi connectivity index (χ1n) is 12.4. The molecule has 1 aromatic carbocycles. The van der Waals surface area contributed by atoms with E-state index in [9.17, 15) is 9.18 Å². The Morgan fingerprint density at radius 3 is 2.73 bits per heavy atom. The summed E-state index contributed by atoms with van der Waals surface area (Å²) >= 11 is 6.10. The van der Waals surface area contributed by atoms with Crippen molar-refractivity contribution < 1.29 is 13.9 Å². The predicted molar refractivity (Wildman–Crippen MR) is 141 cm³/mol. The number of pyridine rings is 1. The molecule has 2 fully saturated rings. The number of rotatable bonds is 9. The minimum atomic E-state index is -0.456. The molecule has 1 saturated heterocycles. The van der Waals surface area contributed by atoms with Crippen LogP contribution < -0.4 is 15.4 Å². The van der Waals surface area contributed by atoms with Crippen molar-refractivity contribution in [3.05, 3.63) is 53.4 Å². The van der Waals surface area contributed by atoms with Crippen molar-refractivity contribution in [2.75, 3.05) is 57.0 Å². The molecule has 3 aromatic rings. The van der Waals surface area contributed by atoms with Crippen LogP contribution in [0.25, 0.3) is 11.3 Å². The summed E-state index contributed by atoms with van der Waals surface area (Å²) in [5.74, 6) is 0.325. The summed E-state index contributed by atoms with van der Waals surface area (Å²) in [5, 5.41) is 15.0. The first-order valence-corrected chi connectivity index (χ1v) is 12.7. The molecule has 2 aliphatic rings. The Bertz CT molecular complexity index is 1270. The lowest BCUT2D eigenvalue weighted by atomic mass is 10.1. The van der Waals surface area contributed by atoms with Gasteiger partial charge in [0.2, 0.25) is 5.91 Å². The number of nitrogens with one attached hydrogen (secondary N) is 2. The lowest BCUT2D eigenvalue weighted by molar-refractivity contribution is -0.117. The van der Waals surface area contributed by atoms with E-state index < -0.39 is 5.82 Å². The third-order valence-corrected chi connectivity index (χ3v) is 6.68. The van der Waals surface area contributed by atoms with Crippen molar-refractivity contribution >= 4 is 34.7 Å². The van der Waals surface area contributed by atoms with Gasteiger partial charge in [0, 0.05) is 67.2 Å². The number of carbonyl (C=O) groups is 1. The quantitative estimate of drug-likeness (QED) is 0.432. The zero-order valence-electron chi connectivity index (χ0n) is 20.6. The highest BCUT2D eigenvalue weighted by Crippen LogP contribution is 2.33. The lowest BCUT2D eigenvalue weighted by Gasteiger charge is -2.32. The Balaban J connectivity index is 1.36. The zero-order chi connectivity index (χ0) is 25.8. The van der Waals surface area contributed by atoms with Gasteiger partial charge in [0.15, 0.2) is 0 Å². The molecule has 0 spiro atoms. The van der Waals surface area contributed by atoms with Gasteiger partial charge < -0.3 is 20.3 Å². The highest BCUT2D eigenvalue weighted by Gasteiger charge is 2.29. The number of hydrogen-bond acceptors (Lipinski definition) is 8. The van der Waals surface area contributed by atoms with E-state index in [1.54, 1.807) is 24.4 Å². The van der Waals surface area contributed by atoms with Gasteiger partial charge in [-0.05, 0) is 50.2 Å². The maximum Gasteiger partial charge on any atom is 0.257 e. The number of aromatic nitrogens is 3. The molecule has 1 amide bonds. The van der Waals surface area contributed by atoms with Gasteiger partial charge in [-0.15, -0.1) is 10.2 Å². The Morgan fingerprint density at radius 1 is 1.14 bits per heavy atom. The molecule has 2 N–H and O–H groups in total. The van der Waals surface area contributed by atoms with E-state index >= 15 is 0 Å². The molecule has 0 atom stereocenters. The molecular formula is C26H29ClFN7O2. The highest BCUT2D eigenvalue weighted by molar-refractivity contribution is 6.30. The second-order valence-corrected chi connectivity index (χ2v) is 9.82. The molecule has 0 radical (unpaired) electrons. The number of benzene rings is 1. The van der Waals surface area contributed by atoms with Crippen LogP contribution in [-0.2, 0) is 4.79 Å². The average Bonchev–Trinajstić information content (AvgIpc) is 3.74. The summed E-state index contributed by atoms with van der Waals surface area (Å²) in [6.45, 7) is 5.19. The summed E-state index contributed by atoms with van der Waals surface area (Å²) < 4.78 is 20.6. The van der Waals surface area contributed by atoms with Gasteiger partial charge in [-0.1, -0.05) is 11.6 Å². The molecule has 37 heavy (non-hydrogen) atoms. The minimum Gasteiger partial charge on any atom is -0.474 e. The van der Waals surface area contributed by atoms with E-state index in [2.05, 4.69) is 42.7 Å². The summed E-state index contributed by atoms with van der Waals surface area (Å²) in [6.07, 6.45) is 3.42. The van der Waals surface area contributed by atoms with E-state index in [0.29, 0.717) is 40.4 Å². The van der Waals surface area contributed by atoms with E-state index in [0.717, 1.165) is 45.6 Å². The topological polar surface area (TPSA) is 95.5 Å². The number of ether oxygens (including phenoxy) is 1. The fourth-order valence-electron chi connectivity index (χ4n) is 4.05. The number of halogens is 2. The third-order valence-electron chi connectivity index (χ3n) is 6.44. The van der Waals surface area contributed by atoms with Crippen molar-refractivity contribution in [2.24, 2.45) is 5.92 Å². The number of anilines is 3. The van der Waals surface area contributed by atoms with Gasteiger partial charge in [0.05, 0.1) is 5.69 Å². The molecule has 0 unspecified atom stereocenters. The van der Waals surface area contributed by atoms with Crippen molar-refractivity contribution in [2.45, 2.75) is 12.8 Å². The number of likely N-dealkylation sites (N-methyl/N-ethyl adjacent to an activating group) is 1. The minimum absolute atomic E-state index is 0.0260. The maximum atomic E-state index is 14.6. The molecule has 1 aliphatic heterocycles. The Kier molecular flexibility index (Phi) is 7.78. The first kappa shape index (κ1) is 25.3. The molecular weight excluding hydrogens is 497 g/mol. The average molecular weight is 526 g/mol. The van der Waals surface area contributed by atoms with Gasteiger partial charge in [0.1, 0.15) is 23.9 Å². The van der Waals surface area contributed by atoms with Crippen LogP contribution in [-0.4, -0.2) is 77.3 Å². The summed E-state index contributed by atoms with van der Waals surface area (Å²) in [7, 11) is 2.12. The van der Waals surface area contributed by atoms with Crippen LogP contribution in [0.15, 0.2) is 42.6 Å². The fourth-order valence-corrected chi connectivity index (χ4v) is 4.22. The lowest BCUT2D eigenvalue weighted by Crippen LogP contribution is -2.45. The van der Waals surface area contributed by atoms with Crippen LogP contribution in [0, 0.1) is 11.7 Å². The number of amides is 1. The SMILES string of the molecule is CN1CCN(CCOc2nnc(-c3cc(Cl)ccc3F)cc2Nc2ccnc(NC(=O)C3CC3)c2)CC1. The second kappa shape index (κ2) is 11.4. The Morgan fingerprint density at radius 2 is 1.95 bits per heavy atom. The van der Waals surface area contributed by atoms with Crippen molar-refractivity contribution in [3.8, 4) is 17.1 Å². The van der Waals surface area contributed by atoms with E-state index in [-0.39, 0.29) is 17.4 Å². The van der Waals surface area contributed by atoms with Crippen LogP contribution in [0.5, 0.6) is 5.88 Å². The predicted octanol–water partition coefficient (Wildman–Crippen LogP) is 4.05. The fraction of sp³-hybridized carbons (Fsp3) is 0.385. The number of piperazine rings is 1. The van der Waals surface area contributed by atoms with Gasteiger partial charge in [-0.25, -0.2) is 9.37 Å². The molecule has 1 saturated carbocycles. The van der Waals surface area contributed by atoms with E-state index in [4.69, 9.17) is 16.3 Å². The number of nitrogens with zero attached hydrogens (tertiary/aromatic N) is 5. The zero-order valence-corrected chi connectivity index (χ0v) is 21.3. The molecule has 0 bridgehead atoms. The standard InChI is InChI=1S/C26H29ClFN7O2/c1-34-8-10-35(11-9-34)12-13-37-26-23(16-22(32-33-26)20-14-18(27)4-5-21(20)28)30-19-6-7-29-24(15-19)31-25(36)17-2-3-17/h4-7,14-17H,2-3,8-13H2,1H3,(H2,29,30,31,32,36). The van der Waals surface area contributed by atoms with Gasteiger partial charge in [-0.3, -0.25) is 9.69 Å². The summed E-state index contributed by atoms with van der Waals surface area (Å²) in [6, 6.07) is 9.46. The van der Waals surface area contributed by atoms with Gasteiger partial charge >= 0.3 is 0 Å². The van der Waals surface area contributed by atoms with Crippen molar-refractivity contribution in [1.82, 2.24) is 25.0 Å². The molecule has 1 aliphatic carbocycles. The third kappa shape index (κ3) is 6.71. The maximum absolute atomic E-state index is 14.6. The van der Waals surface area contributed by atoms with Crippen LogP contribution in [0.2, 0.25) is 5.02 Å². The summed E-state index contributed by atoms with van der Waals surface area (Å²) in [5.41, 5.74) is 1.72. The molecule has 194 valence electrons. The smallest absolute Gasteiger partial charge is 0.257 e. The van der Waals surface area contributed by atoms with Gasteiger partial charge in [-0.2, -0.15) is 0 Å². The van der Waals surface area contributed by atoms with Crippen LogP contribution >= 0.6 is 11.6 Å². The largest absolute Gasteiger partial charge is 0.474 e. The van der Waals surface area contributed by atoms with Gasteiger partial charge in [0.25, 0.3) is 5.88 Å². The van der Waals surface area contributed by atoms with E-state index in [1.165, 1.54) is 18.2 Å². The van der Waals surface area contributed by atoms with Crippen LogP contribution in [0.4, 0.5) is 21.6 Å². The highest BCUT2D eigenvalue weighted by atomic mass is 35.5. The molecule has 5 rings (SSSR count). The van der Waals surface area contributed by atoms with Crippen LogP contribution in [0.1, 0.15) is 12.8 Å². The number of hydrogen-bond donors (Lipinski definition) is 2. The normalized spacial score (nSPS) is 16.4. The van der Waals surface area contributed by atoms with Crippen LogP contribution in [0.3, 0.4) is 0 Å².